The van der Waals surface area contributed by atoms with E-state index in [2.05, 4.69) is 21.3 Å². The summed E-state index contributed by atoms with van der Waals surface area (Å²) < 4.78 is 0. The number of likely N-dealkylation sites (tertiary alicyclic amines) is 1. The summed E-state index contributed by atoms with van der Waals surface area (Å²) in [4.78, 5) is 91.6. The van der Waals surface area contributed by atoms with Crippen molar-refractivity contribution in [1.29, 1.82) is 0 Å². The molecule has 15 nitrogen and oxygen atoms in total. The maximum Gasteiger partial charge on any atom is 0.334 e. The number of nitrogens with one attached hydrogen (secondary N) is 4. The predicted octanol–water partition coefficient (Wildman–Crippen LogP) is 2.26. The molecule has 4 atom stereocenters. The molecule has 6 amide bonds. The van der Waals surface area contributed by atoms with Gasteiger partial charge in [0.05, 0.1) is 12.8 Å². The molecule has 3 rings (SSSR count). The van der Waals surface area contributed by atoms with Crippen LogP contribution in [0.25, 0.3) is 0 Å². The van der Waals surface area contributed by atoms with Crippen molar-refractivity contribution in [2.45, 2.75) is 90.4 Å². The number of nitrogens with two attached hydrogens (primary N) is 1. The maximum absolute atomic E-state index is 14.2. The molecule has 15 heteroatoms. The highest BCUT2D eigenvalue weighted by molar-refractivity contribution is 5.97. The maximum atomic E-state index is 14.2. The van der Waals surface area contributed by atoms with Gasteiger partial charge in [-0.15, -0.1) is 0 Å². The average molecular weight is 709 g/mol. The molecule has 1 aliphatic rings. The Morgan fingerprint density at radius 2 is 1.53 bits per heavy atom. The van der Waals surface area contributed by atoms with E-state index in [4.69, 9.17) is 5.73 Å². The molecule has 2 aromatic rings. The SMILES string of the molecule is Cc1cc([C@]2(C(=O)O)CCCN2C(=O)[C@@H](NC(=O)[C@H](CC(=O)O)NC(=O)[C@H](CC(C)C)NC(=O)Cc2ccccc2)C(C)C)ccc1NC(N)=O. The number of aliphatic carboxylic acids is 2. The summed E-state index contributed by atoms with van der Waals surface area (Å²) in [5, 5.41) is 30.4. The Balaban J connectivity index is 1.86. The minimum atomic E-state index is -1.80. The molecule has 8 N–H and O–H groups in total. The Morgan fingerprint density at radius 1 is 0.882 bits per heavy atom. The number of carboxylic acids is 2. The second-order valence-corrected chi connectivity index (χ2v) is 13.6. The zero-order valence-electron chi connectivity index (χ0n) is 29.5. The van der Waals surface area contributed by atoms with E-state index in [0.717, 1.165) is 5.56 Å². The highest BCUT2D eigenvalue weighted by Gasteiger charge is 2.53. The van der Waals surface area contributed by atoms with Crippen LogP contribution in [0.15, 0.2) is 48.5 Å². The second kappa shape index (κ2) is 17.5. The van der Waals surface area contributed by atoms with Crippen LogP contribution in [0.5, 0.6) is 0 Å². The first kappa shape index (κ1) is 40.0. The number of urea groups is 1. The number of aryl methyl sites for hydroxylation is 1. The summed E-state index contributed by atoms with van der Waals surface area (Å²) >= 11 is 0. The molecule has 0 aromatic heterocycles. The summed E-state index contributed by atoms with van der Waals surface area (Å²) in [6, 6.07) is 8.64. The topological polar surface area (TPSA) is 237 Å². The normalized spacial score (nSPS) is 17.3. The lowest BCUT2D eigenvalue weighted by molar-refractivity contribution is -0.159. The summed E-state index contributed by atoms with van der Waals surface area (Å²) in [6.07, 6.45) is -0.215. The molecule has 51 heavy (non-hydrogen) atoms. The molecule has 1 saturated heterocycles. The summed E-state index contributed by atoms with van der Waals surface area (Å²) in [5.74, 6) is -6.20. The van der Waals surface area contributed by atoms with E-state index < -0.39 is 77.6 Å². The number of rotatable bonds is 16. The molecular weight excluding hydrogens is 660 g/mol. The van der Waals surface area contributed by atoms with Gasteiger partial charge in [-0.3, -0.25) is 24.0 Å². The number of carbonyl (C=O) groups excluding carboxylic acids is 5. The van der Waals surface area contributed by atoms with Gasteiger partial charge in [-0.1, -0.05) is 70.2 Å². The Labute approximate surface area is 296 Å². The summed E-state index contributed by atoms with van der Waals surface area (Å²) in [5.41, 5.74) is 5.32. The zero-order valence-corrected chi connectivity index (χ0v) is 29.5. The van der Waals surface area contributed by atoms with Crippen molar-refractivity contribution in [1.82, 2.24) is 20.9 Å². The number of nitrogens with zero attached hydrogens (tertiary/aromatic N) is 1. The number of amides is 6. The minimum Gasteiger partial charge on any atom is -0.481 e. The van der Waals surface area contributed by atoms with Crippen LogP contribution < -0.4 is 27.0 Å². The number of hydrogen-bond donors (Lipinski definition) is 7. The molecule has 0 radical (unpaired) electrons. The van der Waals surface area contributed by atoms with Crippen LogP contribution in [-0.2, 0) is 40.7 Å². The second-order valence-electron chi connectivity index (χ2n) is 13.6. The van der Waals surface area contributed by atoms with Crippen molar-refractivity contribution >= 4 is 47.3 Å². The Morgan fingerprint density at radius 3 is 2.08 bits per heavy atom. The van der Waals surface area contributed by atoms with E-state index in [9.17, 15) is 43.8 Å². The molecule has 1 heterocycles. The van der Waals surface area contributed by atoms with Gasteiger partial charge in [-0.25, -0.2) is 9.59 Å². The van der Waals surface area contributed by atoms with Gasteiger partial charge in [-0.05, 0) is 60.8 Å². The molecule has 1 fully saturated rings. The fourth-order valence-electron chi connectivity index (χ4n) is 6.28. The van der Waals surface area contributed by atoms with Crippen LogP contribution in [0.2, 0.25) is 0 Å². The third-order valence-electron chi connectivity index (χ3n) is 8.77. The van der Waals surface area contributed by atoms with Gasteiger partial charge in [-0.2, -0.15) is 0 Å². The Kier molecular flexibility index (Phi) is 13.7. The molecule has 0 bridgehead atoms. The quantitative estimate of drug-likeness (QED) is 0.135. The van der Waals surface area contributed by atoms with Crippen molar-refractivity contribution in [3.63, 3.8) is 0 Å². The predicted molar refractivity (Wildman–Crippen MR) is 187 cm³/mol. The number of anilines is 1. The van der Waals surface area contributed by atoms with E-state index in [0.29, 0.717) is 17.7 Å². The monoisotopic (exact) mass is 708 g/mol. The standard InChI is InChI=1S/C36H48N6O9/c1-20(2)16-26(38-28(43)18-23-10-7-6-8-11-23)31(46)39-27(19-29(44)45)32(47)41-30(21(3)4)33(48)42-15-9-14-36(42,34(49)50)24-12-13-25(22(5)17-24)40-35(37)51/h6-8,10-13,17,20-21,26-27,30H,9,14-16,18-19H2,1-5H3,(H,38,43)(H,39,46)(H,41,47)(H,44,45)(H,49,50)(H3,37,40,51)/t26-,27-,30-,36-/m0/s1. The van der Waals surface area contributed by atoms with E-state index >= 15 is 0 Å². The van der Waals surface area contributed by atoms with Gasteiger partial charge in [0.25, 0.3) is 0 Å². The first-order valence-corrected chi connectivity index (χ1v) is 16.8. The van der Waals surface area contributed by atoms with Crippen molar-refractivity contribution in [3.8, 4) is 0 Å². The van der Waals surface area contributed by atoms with Crippen LogP contribution in [0.3, 0.4) is 0 Å². The van der Waals surface area contributed by atoms with Crippen LogP contribution >= 0.6 is 0 Å². The molecule has 0 aliphatic carbocycles. The molecule has 1 aliphatic heterocycles. The van der Waals surface area contributed by atoms with Crippen molar-refractivity contribution < 1.29 is 43.8 Å². The number of carboxylic acid groups (broad SMARTS) is 2. The smallest absolute Gasteiger partial charge is 0.334 e. The Bertz CT molecular complexity index is 1630. The van der Waals surface area contributed by atoms with Crippen LogP contribution in [0.1, 0.15) is 70.1 Å². The number of carbonyl (C=O) groups is 7. The third kappa shape index (κ3) is 10.3. The molecule has 276 valence electrons. The van der Waals surface area contributed by atoms with Gasteiger partial charge >= 0.3 is 18.0 Å². The van der Waals surface area contributed by atoms with Crippen molar-refractivity contribution in [2.24, 2.45) is 17.6 Å². The van der Waals surface area contributed by atoms with Gasteiger partial charge in [0.1, 0.15) is 18.1 Å². The number of benzene rings is 2. The minimum absolute atomic E-state index is 0.00223. The first-order valence-electron chi connectivity index (χ1n) is 16.8. The third-order valence-corrected chi connectivity index (χ3v) is 8.77. The number of hydrogen-bond acceptors (Lipinski definition) is 7. The van der Waals surface area contributed by atoms with Crippen LogP contribution in [-0.4, -0.2) is 81.4 Å². The van der Waals surface area contributed by atoms with Crippen LogP contribution in [0.4, 0.5) is 10.5 Å². The van der Waals surface area contributed by atoms with E-state index in [1.54, 1.807) is 57.2 Å². The van der Waals surface area contributed by atoms with Gasteiger partial charge in [0.15, 0.2) is 5.54 Å². The first-order chi connectivity index (χ1) is 24.0. The highest BCUT2D eigenvalue weighted by atomic mass is 16.4. The zero-order chi connectivity index (χ0) is 38.0. The molecule has 0 spiro atoms. The van der Waals surface area contributed by atoms with E-state index in [1.807, 2.05) is 13.8 Å². The fraction of sp³-hybridized carbons (Fsp3) is 0.472. The molecule has 0 unspecified atom stereocenters. The largest absolute Gasteiger partial charge is 0.481 e. The lowest BCUT2D eigenvalue weighted by Gasteiger charge is -2.38. The Hall–Kier alpha value is -5.47. The van der Waals surface area contributed by atoms with Crippen molar-refractivity contribution in [3.05, 3.63) is 65.2 Å². The van der Waals surface area contributed by atoms with E-state index in [1.165, 1.54) is 17.0 Å². The lowest BCUT2D eigenvalue weighted by Crippen LogP contribution is -2.61. The van der Waals surface area contributed by atoms with Gasteiger partial charge in [0, 0.05) is 12.2 Å². The molecular formula is C36H48N6O9. The van der Waals surface area contributed by atoms with Gasteiger partial charge in [0.2, 0.25) is 23.6 Å². The summed E-state index contributed by atoms with van der Waals surface area (Å²) in [6.45, 7) is 8.67. The van der Waals surface area contributed by atoms with E-state index in [-0.39, 0.29) is 37.3 Å². The highest BCUT2D eigenvalue weighted by Crippen LogP contribution is 2.41. The number of primary amides is 1. The van der Waals surface area contributed by atoms with Crippen LogP contribution in [0, 0.1) is 18.8 Å². The van der Waals surface area contributed by atoms with Gasteiger partial charge < -0.3 is 42.1 Å². The fourth-order valence-corrected chi connectivity index (χ4v) is 6.28. The lowest BCUT2D eigenvalue weighted by atomic mass is 9.85. The molecule has 0 saturated carbocycles. The summed E-state index contributed by atoms with van der Waals surface area (Å²) in [7, 11) is 0. The average Bonchev–Trinajstić information content (AvgIpc) is 3.50. The van der Waals surface area contributed by atoms with Crippen molar-refractivity contribution in [2.75, 3.05) is 11.9 Å². The molecule has 2 aromatic carbocycles.